The van der Waals surface area contributed by atoms with Crippen molar-refractivity contribution in [3.63, 3.8) is 0 Å². The molecule has 0 saturated carbocycles. The third kappa shape index (κ3) is 3.81. The Morgan fingerprint density at radius 3 is 2.75 bits per heavy atom. The highest BCUT2D eigenvalue weighted by Gasteiger charge is 2.27. The molecule has 2 atom stereocenters. The van der Waals surface area contributed by atoms with Crippen molar-refractivity contribution >= 4 is 11.9 Å². The van der Waals surface area contributed by atoms with E-state index in [2.05, 4.69) is 10.6 Å². The Morgan fingerprint density at radius 1 is 1.40 bits per heavy atom. The average Bonchev–Trinajstić information content (AvgIpc) is 3.01. The van der Waals surface area contributed by atoms with E-state index in [1.54, 1.807) is 0 Å². The van der Waals surface area contributed by atoms with Gasteiger partial charge in [0, 0.05) is 6.42 Å². The quantitative estimate of drug-likeness (QED) is 0.775. The third-order valence-electron chi connectivity index (χ3n) is 3.46. The topological polar surface area (TPSA) is 67.4 Å². The monoisotopic (exact) mass is 276 g/mol. The summed E-state index contributed by atoms with van der Waals surface area (Å²) in [5.41, 5.74) is 0.989. The minimum absolute atomic E-state index is 0.131. The molecule has 2 rings (SSSR count). The van der Waals surface area contributed by atoms with E-state index >= 15 is 0 Å². The smallest absolute Gasteiger partial charge is 0.328 e. The number of rotatable bonds is 5. The highest BCUT2D eigenvalue weighted by Crippen LogP contribution is 2.08. The summed E-state index contributed by atoms with van der Waals surface area (Å²) >= 11 is 0. The summed E-state index contributed by atoms with van der Waals surface area (Å²) in [6.07, 6.45) is 2.23. The molecule has 0 aromatic heterocycles. The van der Waals surface area contributed by atoms with E-state index in [4.69, 9.17) is 4.74 Å². The zero-order valence-electron chi connectivity index (χ0n) is 11.6. The van der Waals surface area contributed by atoms with Crippen molar-refractivity contribution in [2.24, 2.45) is 0 Å². The fraction of sp³-hybridized carbons (Fsp3) is 0.467. The molecular weight excluding hydrogens is 256 g/mol. The Hall–Kier alpha value is -1.88. The number of carbonyl (C=O) groups excluding carboxylic acids is 2. The van der Waals surface area contributed by atoms with Gasteiger partial charge in [-0.3, -0.25) is 4.79 Å². The predicted molar refractivity (Wildman–Crippen MR) is 75.1 cm³/mol. The summed E-state index contributed by atoms with van der Waals surface area (Å²) in [6, 6.07) is 8.74. The Labute approximate surface area is 118 Å². The SMILES string of the molecule is COC(=O)C(Cc1ccccc1)NC(=O)[C@@H]1CCCN1. The molecule has 0 aliphatic carbocycles. The van der Waals surface area contributed by atoms with E-state index in [1.165, 1.54) is 7.11 Å². The van der Waals surface area contributed by atoms with E-state index in [0.717, 1.165) is 24.9 Å². The van der Waals surface area contributed by atoms with Crippen LogP contribution in [-0.4, -0.2) is 37.6 Å². The molecular formula is C15H20N2O3. The molecule has 0 spiro atoms. The summed E-state index contributed by atoms with van der Waals surface area (Å²) in [5.74, 6) is -0.547. The Kier molecular flexibility index (Phi) is 5.12. The van der Waals surface area contributed by atoms with Crippen molar-refractivity contribution in [2.75, 3.05) is 13.7 Å². The molecule has 2 N–H and O–H groups in total. The third-order valence-corrected chi connectivity index (χ3v) is 3.46. The number of carbonyl (C=O) groups is 2. The van der Waals surface area contributed by atoms with Gasteiger partial charge in [0.05, 0.1) is 13.2 Å². The van der Waals surface area contributed by atoms with E-state index in [1.807, 2.05) is 30.3 Å². The second-order valence-electron chi connectivity index (χ2n) is 4.92. The number of hydrogen-bond acceptors (Lipinski definition) is 4. The molecule has 1 amide bonds. The molecule has 1 aromatic rings. The first kappa shape index (κ1) is 14.5. The second kappa shape index (κ2) is 7.05. The lowest BCUT2D eigenvalue weighted by molar-refractivity contribution is -0.145. The maximum Gasteiger partial charge on any atom is 0.328 e. The molecule has 5 nitrogen and oxygen atoms in total. The molecule has 1 saturated heterocycles. The van der Waals surface area contributed by atoms with E-state index in [0.29, 0.717) is 6.42 Å². The number of benzene rings is 1. The second-order valence-corrected chi connectivity index (χ2v) is 4.92. The number of hydrogen-bond donors (Lipinski definition) is 2. The van der Waals surface area contributed by atoms with Crippen LogP contribution < -0.4 is 10.6 Å². The number of ether oxygens (including phenoxy) is 1. The first-order chi connectivity index (χ1) is 9.70. The molecule has 1 aliphatic heterocycles. The minimum atomic E-state index is -0.641. The maximum absolute atomic E-state index is 12.1. The lowest BCUT2D eigenvalue weighted by Crippen LogP contribution is -2.49. The van der Waals surface area contributed by atoms with Crippen LogP contribution in [0.5, 0.6) is 0 Å². The van der Waals surface area contributed by atoms with Crippen LogP contribution in [-0.2, 0) is 20.7 Å². The zero-order valence-corrected chi connectivity index (χ0v) is 11.6. The summed E-state index contributed by atoms with van der Waals surface area (Å²) in [7, 11) is 1.33. The van der Waals surface area contributed by atoms with Gasteiger partial charge >= 0.3 is 5.97 Å². The largest absolute Gasteiger partial charge is 0.467 e. The van der Waals surface area contributed by atoms with Crippen LogP contribution >= 0.6 is 0 Å². The number of amides is 1. The predicted octanol–water partition coefficient (Wildman–Crippen LogP) is 0.639. The van der Waals surface area contributed by atoms with Gasteiger partial charge in [-0.2, -0.15) is 0 Å². The fourth-order valence-corrected chi connectivity index (χ4v) is 2.37. The van der Waals surface area contributed by atoms with Gasteiger partial charge in [-0.15, -0.1) is 0 Å². The molecule has 1 unspecified atom stereocenters. The van der Waals surface area contributed by atoms with Gasteiger partial charge in [0.25, 0.3) is 0 Å². The summed E-state index contributed by atoms with van der Waals surface area (Å²) < 4.78 is 4.77. The fourth-order valence-electron chi connectivity index (χ4n) is 2.37. The molecule has 1 heterocycles. The zero-order chi connectivity index (χ0) is 14.4. The standard InChI is InChI=1S/C15H20N2O3/c1-20-15(19)13(10-11-6-3-2-4-7-11)17-14(18)12-8-5-9-16-12/h2-4,6-7,12-13,16H,5,8-10H2,1H3,(H,17,18)/t12-,13?/m0/s1. The first-order valence-electron chi connectivity index (χ1n) is 6.86. The van der Waals surface area contributed by atoms with Crippen LogP contribution in [0.25, 0.3) is 0 Å². The van der Waals surface area contributed by atoms with Crippen molar-refractivity contribution in [3.8, 4) is 0 Å². The van der Waals surface area contributed by atoms with Crippen LogP contribution in [0.3, 0.4) is 0 Å². The van der Waals surface area contributed by atoms with Gasteiger partial charge in [-0.1, -0.05) is 30.3 Å². The van der Waals surface area contributed by atoms with Crippen molar-refractivity contribution in [1.82, 2.24) is 10.6 Å². The normalized spacial score (nSPS) is 19.4. The van der Waals surface area contributed by atoms with Crippen LogP contribution in [0, 0.1) is 0 Å². The van der Waals surface area contributed by atoms with Gasteiger partial charge < -0.3 is 15.4 Å². The van der Waals surface area contributed by atoms with Crippen molar-refractivity contribution in [2.45, 2.75) is 31.3 Å². The van der Waals surface area contributed by atoms with Crippen LogP contribution in [0.1, 0.15) is 18.4 Å². The molecule has 0 radical (unpaired) electrons. The lowest BCUT2D eigenvalue weighted by atomic mass is 10.1. The van der Waals surface area contributed by atoms with E-state index in [9.17, 15) is 9.59 Å². The van der Waals surface area contributed by atoms with Crippen LogP contribution in [0.2, 0.25) is 0 Å². The summed E-state index contributed by atoms with van der Waals surface area (Å²) in [5, 5.41) is 5.90. The average molecular weight is 276 g/mol. The molecule has 1 aromatic carbocycles. The van der Waals surface area contributed by atoms with Gasteiger partial charge in [0.2, 0.25) is 5.91 Å². The van der Waals surface area contributed by atoms with Crippen LogP contribution in [0.4, 0.5) is 0 Å². The Morgan fingerprint density at radius 2 is 2.15 bits per heavy atom. The Bertz CT molecular complexity index is 455. The molecule has 20 heavy (non-hydrogen) atoms. The van der Waals surface area contributed by atoms with Crippen molar-refractivity contribution in [3.05, 3.63) is 35.9 Å². The molecule has 1 aliphatic rings. The highest BCUT2D eigenvalue weighted by molar-refractivity contribution is 5.87. The van der Waals surface area contributed by atoms with E-state index < -0.39 is 12.0 Å². The first-order valence-corrected chi connectivity index (χ1v) is 6.86. The van der Waals surface area contributed by atoms with E-state index in [-0.39, 0.29) is 11.9 Å². The van der Waals surface area contributed by atoms with Crippen molar-refractivity contribution in [1.29, 1.82) is 0 Å². The lowest BCUT2D eigenvalue weighted by Gasteiger charge is -2.19. The molecule has 1 fully saturated rings. The summed E-state index contributed by atoms with van der Waals surface area (Å²) in [6.45, 7) is 0.847. The minimum Gasteiger partial charge on any atom is -0.467 e. The van der Waals surface area contributed by atoms with Crippen LogP contribution in [0.15, 0.2) is 30.3 Å². The molecule has 5 heteroatoms. The number of esters is 1. The van der Waals surface area contributed by atoms with Gasteiger partial charge in [-0.25, -0.2) is 4.79 Å². The Balaban J connectivity index is 2.00. The van der Waals surface area contributed by atoms with Gasteiger partial charge in [0.1, 0.15) is 6.04 Å². The van der Waals surface area contributed by atoms with Crippen molar-refractivity contribution < 1.29 is 14.3 Å². The highest BCUT2D eigenvalue weighted by atomic mass is 16.5. The maximum atomic E-state index is 12.1. The number of methoxy groups -OCH3 is 1. The van der Waals surface area contributed by atoms with Gasteiger partial charge in [-0.05, 0) is 24.9 Å². The molecule has 108 valence electrons. The molecule has 0 bridgehead atoms. The van der Waals surface area contributed by atoms with Gasteiger partial charge in [0.15, 0.2) is 0 Å². The number of nitrogens with one attached hydrogen (secondary N) is 2. The summed E-state index contributed by atoms with van der Waals surface area (Å²) in [4.78, 5) is 23.9.